The highest BCUT2D eigenvalue weighted by Gasteiger charge is 2.42. The monoisotopic (exact) mass is 480 g/mol. The summed E-state index contributed by atoms with van der Waals surface area (Å²) in [6.07, 6.45) is 0.515. The second-order valence-electron chi connectivity index (χ2n) is 8.42. The summed E-state index contributed by atoms with van der Waals surface area (Å²) in [4.78, 5) is 31.6. The van der Waals surface area contributed by atoms with Crippen molar-refractivity contribution in [3.05, 3.63) is 93.9 Å². The lowest BCUT2D eigenvalue weighted by Crippen LogP contribution is -2.47. The van der Waals surface area contributed by atoms with Gasteiger partial charge in [-0.25, -0.2) is 4.39 Å². The number of amides is 2. The van der Waals surface area contributed by atoms with Crippen molar-refractivity contribution in [2.24, 2.45) is 5.73 Å². The molecule has 1 aliphatic rings. The van der Waals surface area contributed by atoms with E-state index >= 15 is 0 Å². The predicted molar refractivity (Wildman–Crippen MR) is 132 cm³/mol. The van der Waals surface area contributed by atoms with E-state index in [1.54, 1.807) is 16.2 Å². The quantitative estimate of drug-likeness (QED) is 0.493. The topological polar surface area (TPSA) is 78.7 Å². The van der Waals surface area contributed by atoms with E-state index in [1.807, 2.05) is 24.3 Å². The summed E-state index contributed by atoms with van der Waals surface area (Å²) < 4.78 is 13.4. The Bertz CT molecular complexity index is 1080. The summed E-state index contributed by atoms with van der Waals surface area (Å²) in [6.45, 7) is 2.52. The van der Waals surface area contributed by atoms with Crippen LogP contribution in [0.2, 0.25) is 0 Å². The molecule has 2 aromatic carbocycles. The minimum Gasteiger partial charge on any atom is -0.353 e. The molecule has 0 bridgehead atoms. The fraction of sp³-hybridized carbons (Fsp3) is 0.308. The van der Waals surface area contributed by atoms with Crippen LogP contribution in [0.5, 0.6) is 0 Å². The Hall–Kier alpha value is -3.07. The fourth-order valence-electron chi connectivity index (χ4n) is 4.36. The molecule has 2 atom stereocenters. The Morgan fingerprint density at radius 1 is 1.06 bits per heavy atom. The average Bonchev–Trinajstić information content (AvgIpc) is 3.53. The van der Waals surface area contributed by atoms with Crippen LogP contribution >= 0.6 is 11.3 Å². The summed E-state index contributed by atoms with van der Waals surface area (Å²) in [5.41, 5.74) is 7.11. The van der Waals surface area contributed by atoms with E-state index in [0.29, 0.717) is 38.2 Å². The zero-order chi connectivity index (χ0) is 23.9. The molecular formula is C26H29FN4O2S. The molecule has 2 heterocycles. The normalized spacial score (nSPS) is 17.8. The van der Waals surface area contributed by atoms with Gasteiger partial charge in [0.25, 0.3) is 5.91 Å². The Kier molecular flexibility index (Phi) is 8.05. The lowest BCUT2D eigenvalue weighted by atomic mass is 10.1. The van der Waals surface area contributed by atoms with Crippen molar-refractivity contribution < 1.29 is 14.0 Å². The van der Waals surface area contributed by atoms with Gasteiger partial charge >= 0.3 is 0 Å². The van der Waals surface area contributed by atoms with E-state index in [1.165, 1.54) is 34.7 Å². The van der Waals surface area contributed by atoms with Crippen molar-refractivity contribution in [1.82, 2.24) is 15.1 Å². The minimum absolute atomic E-state index is 0.0136. The molecule has 178 valence electrons. The first-order valence-corrected chi connectivity index (χ1v) is 12.3. The van der Waals surface area contributed by atoms with Gasteiger partial charge in [-0.05, 0) is 47.7 Å². The van der Waals surface area contributed by atoms with Crippen LogP contribution in [0.1, 0.15) is 27.2 Å². The van der Waals surface area contributed by atoms with Crippen LogP contribution in [0.4, 0.5) is 4.39 Å². The number of rotatable bonds is 9. The number of carbonyl (C=O) groups is 2. The SMILES string of the molecule is NCCNC(=O)C1CC(N(Cc2ccccc2)Cc2cccs2)CN1C(=O)c1ccc(F)cc1. The lowest BCUT2D eigenvalue weighted by molar-refractivity contribution is -0.124. The van der Waals surface area contributed by atoms with Gasteiger partial charge in [-0.1, -0.05) is 36.4 Å². The van der Waals surface area contributed by atoms with Gasteiger partial charge in [0.15, 0.2) is 0 Å². The first kappa shape index (κ1) is 24.1. The van der Waals surface area contributed by atoms with Gasteiger partial charge in [-0.15, -0.1) is 11.3 Å². The molecule has 0 spiro atoms. The Morgan fingerprint density at radius 2 is 1.82 bits per heavy atom. The van der Waals surface area contributed by atoms with E-state index in [4.69, 9.17) is 5.73 Å². The van der Waals surface area contributed by atoms with Crippen LogP contribution in [0.25, 0.3) is 0 Å². The van der Waals surface area contributed by atoms with Crippen molar-refractivity contribution in [2.75, 3.05) is 19.6 Å². The van der Waals surface area contributed by atoms with E-state index in [9.17, 15) is 14.0 Å². The summed E-state index contributed by atoms with van der Waals surface area (Å²) >= 11 is 1.69. The second-order valence-corrected chi connectivity index (χ2v) is 9.45. The molecule has 1 aliphatic heterocycles. The van der Waals surface area contributed by atoms with Gasteiger partial charge in [0.2, 0.25) is 5.91 Å². The lowest BCUT2D eigenvalue weighted by Gasteiger charge is -2.28. The highest BCUT2D eigenvalue weighted by molar-refractivity contribution is 7.09. The average molecular weight is 481 g/mol. The maximum absolute atomic E-state index is 13.4. The van der Waals surface area contributed by atoms with Gasteiger partial charge in [-0.3, -0.25) is 14.5 Å². The Balaban J connectivity index is 1.60. The summed E-state index contributed by atoms with van der Waals surface area (Å²) in [5, 5.41) is 4.89. The van der Waals surface area contributed by atoms with Crippen LogP contribution in [-0.4, -0.2) is 53.3 Å². The van der Waals surface area contributed by atoms with Gasteiger partial charge in [0, 0.05) is 49.2 Å². The molecule has 1 aromatic heterocycles. The van der Waals surface area contributed by atoms with Crippen LogP contribution in [-0.2, 0) is 17.9 Å². The molecule has 4 rings (SSSR count). The van der Waals surface area contributed by atoms with Crippen molar-refractivity contribution in [2.45, 2.75) is 31.6 Å². The molecule has 2 amide bonds. The summed E-state index contributed by atoms with van der Waals surface area (Å²) in [6, 6.07) is 19.2. The van der Waals surface area contributed by atoms with Crippen molar-refractivity contribution in [3.8, 4) is 0 Å². The predicted octanol–water partition coefficient (Wildman–Crippen LogP) is 3.25. The third-order valence-corrected chi connectivity index (χ3v) is 6.92. The van der Waals surface area contributed by atoms with Crippen molar-refractivity contribution >= 4 is 23.2 Å². The molecule has 0 saturated carbocycles. The summed E-state index contributed by atoms with van der Waals surface area (Å²) in [5.74, 6) is -0.886. The van der Waals surface area contributed by atoms with E-state index in [-0.39, 0.29) is 17.9 Å². The summed E-state index contributed by atoms with van der Waals surface area (Å²) in [7, 11) is 0. The largest absolute Gasteiger partial charge is 0.353 e. The third kappa shape index (κ3) is 5.88. The number of halogens is 1. The minimum atomic E-state index is -0.615. The first-order chi connectivity index (χ1) is 16.5. The zero-order valence-electron chi connectivity index (χ0n) is 18.9. The van der Waals surface area contributed by atoms with Gasteiger partial charge < -0.3 is 16.0 Å². The van der Waals surface area contributed by atoms with Crippen molar-refractivity contribution in [3.63, 3.8) is 0 Å². The first-order valence-electron chi connectivity index (χ1n) is 11.4. The number of likely N-dealkylation sites (tertiary alicyclic amines) is 1. The molecule has 3 N–H and O–H groups in total. The number of hydrogen-bond donors (Lipinski definition) is 2. The number of nitrogens with one attached hydrogen (secondary N) is 1. The van der Waals surface area contributed by atoms with Gasteiger partial charge in [-0.2, -0.15) is 0 Å². The Labute approximate surface area is 203 Å². The molecule has 8 heteroatoms. The standard InChI is InChI=1S/C26H29FN4O2S/c27-21-10-8-20(9-11-21)26(33)31-17-22(15-24(31)25(32)29-13-12-28)30(18-23-7-4-14-34-23)16-19-5-2-1-3-6-19/h1-11,14,22,24H,12-13,15-18,28H2,(H,29,32). The molecule has 34 heavy (non-hydrogen) atoms. The maximum Gasteiger partial charge on any atom is 0.254 e. The molecule has 0 aliphatic carbocycles. The van der Waals surface area contributed by atoms with E-state index < -0.39 is 11.9 Å². The molecule has 0 radical (unpaired) electrons. The number of nitrogens with zero attached hydrogens (tertiary/aromatic N) is 2. The zero-order valence-corrected chi connectivity index (χ0v) is 19.7. The molecule has 1 fully saturated rings. The van der Waals surface area contributed by atoms with Crippen LogP contribution in [0, 0.1) is 5.82 Å². The molecule has 3 aromatic rings. The van der Waals surface area contributed by atoms with Crippen LogP contribution < -0.4 is 11.1 Å². The third-order valence-electron chi connectivity index (χ3n) is 6.06. The number of thiophene rings is 1. The number of hydrogen-bond acceptors (Lipinski definition) is 5. The van der Waals surface area contributed by atoms with E-state index in [0.717, 1.165) is 6.54 Å². The smallest absolute Gasteiger partial charge is 0.254 e. The Morgan fingerprint density at radius 3 is 2.50 bits per heavy atom. The van der Waals surface area contributed by atoms with Gasteiger partial charge in [0.05, 0.1) is 0 Å². The van der Waals surface area contributed by atoms with Crippen LogP contribution in [0.3, 0.4) is 0 Å². The number of carbonyl (C=O) groups excluding carboxylic acids is 2. The number of benzene rings is 2. The maximum atomic E-state index is 13.4. The van der Waals surface area contributed by atoms with Crippen LogP contribution in [0.15, 0.2) is 72.1 Å². The van der Waals surface area contributed by atoms with Gasteiger partial charge in [0.1, 0.15) is 11.9 Å². The molecule has 2 unspecified atom stereocenters. The second kappa shape index (κ2) is 11.4. The highest BCUT2D eigenvalue weighted by atomic mass is 32.1. The van der Waals surface area contributed by atoms with Crippen molar-refractivity contribution in [1.29, 1.82) is 0 Å². The molecular weight excluding hydrogens is 451 g/mol. The fourth-order valence-corrected chi connectivity index (χ4v) is 5.09. The molecule has 6 nitrogen and oxygen atoms in total. The van der Waals surface area contributed by atoms with E-state index in [2.05, 4.69) is 33.8 Å². The number of nitrogens with two attached hydrogens (primary N) is 1. The highest BCUT2D eigenvalue weighted by Crippen LogP contribution is 2.28. The molecule has 1 saturated heterocycles.